The molecule has 0 aliphatic rings. The van der Waals surface area contributed by atoms with Crippen LogP contribution in [0.5, 0.6) is 0 Å². The number of nitrogens with two attached hydrogens (primary N) is 1. The minimum absolute atomic E-state index is 0.127. The lowest BCUT2D eigenvalue weighted by molar-refractivity contribution is -0.121. The lowest BCUT2D eigenvalue weighted by Crippen LogP contribution is -2.29. The fourth-order valence-electron chi connectivity index (χ4n) is 1.54. The van der Waals surface area contributed by atoms with E-state index in [4.69, 9.17) is 10.5 Å². The van der Waals surface area contributed by atoms with E-state index in [2.05, 4.69) is 21.2 Å². The van der Waals surface area contributed by atoms with E-state index >= 15 is 0 Å². The Balaban J connectivity index is 2.83. The predicted octanol–water partition coefficient (Wildman–Crippen LogP) is 3.09. The number of anilines is 2. The molecule has 1 amide bonds. The number of carbonyl (C=O) groups is 1. The number of rotatable bonds is 4. The molecular weight excluding hydrogens is 296 g/mol. The Morgan fingerprint density at radius 2 is 2.11 bits per heavy atom. The van der Waals surface area contributed by atoms with Gasteiger partial charge in [-0.15, -0.1) is 0 Å². The molecule has 0 aliphatic carbocycles. The van der Waals surface area contributed by atoms with Crippen LogP contribution in [0.3, 0.4) is 0 Å². The van der Waals surface area contributed by atoms with Crippen LogP contribution in [0, 0.1) is 6.92 Å². The van der Waals surface area contributed by atoms with Crippen molar-refractivity contribution >= 4 is 33.2 Å². The van der Waals surface area contributed by atoms with Crippen LogP contribution >= 0.6 is 15.9 Å². The number of benzene rings is 1. The summed E-state index contributed by atoms with van der Waals surface area (Å²) in [6.45, 7) is 5.67. The highest BCUT2D eigenvalue weighted by Gasteiger charge is 2.22. The van der Waals surface area contributed by atoms with Crippen LogP contribution in [0.1, 0.15) is 25.8 Å². The first-order valence-electron chi connectivity index (χ1n) is 5.66. The minimum atomic E-state index is -0.490. The van der Waals surface area contributed by atoms with E-state index in [1.165, 1.54) is 0 Å². The number of methoxy groups -OCH3 is 1. The van der Waals surface area contributed by atoms with Crippen molar-refractivity contribution < 1.29 is 9.53 Å². The Labute approximate surface area is 116 Å². The molecule has 18 heavy (non-hydrogen) atoms. The Morgan fingerprint density at radius 1 is 1.50 bits per heavy atom. The zero-order valence-electron chi connectivity index (χ0n) is 11.1. The lowest BCUT2D eigenvalue weighted by Gasteiger charge is -2.22. The number of nitrogens with one attached hydrogen (secondary N) is 1. The van der Waals surface area contributed by atoms with E-state index in [9.17, 15) is 4.79 Å². The van der Waals surface area contributed by atoms with Crippen LogP contribution < -0.4 is 11.1 Å². The molecule has 0 saturated heterocycles. The molecule has 4 nitrogen and oxygen atoms in total. The lowest BCUT2D eigenvalue weighted by atomic mass is 10.0. The summed E-state index contributed by atoms with van der Waals surface area (Å²) in [6.07, 6.45) is 0.267. The van der Waals surface area contributed by atoms with Crippen LogP contribution in [-0.4, -0.2) is 18.6 Å². The van der Waals surface area contributed by atoms with Gasteiger partial charge in [-0.25, -0.2) is 0 Å². The molecule has 0 bridgehead atoms. The molecule has 0 saturated carbocycles. The third-order valence-corrected chi connectivity index (χ3v) is 3.29. The molecule has 100 valence electrons. The van der Waals surface area contributed by atoms with E-state index in [1.807, 2.05) is 32.9 Å². The maximum Gasteiger partial charge on any atom is 0.227 e. The molecule has 0 aromatic heterocycles. The second-order valence-electron chi connectivity index (χ2n) is 4.90. The number of halogens is 1. The van der Waals surface area contributed by atoms with Crippen LogP contribution in [0.2, 0.25) is 0 Å². The SMILES string of the molecule is COC(C)(C)CC(=O)Nc1c(N)cc(C)cc1Br. The first-order valence-corrected chi connectivity index (χ1v) is 6.45. The van der Waals surface area contributed by atoms with Crippen LogP contribution in [0.25, 0.3) is 0 Å². The normalized spacial score (nSPS) is 11.4. The number of nitrogen functional groups attached to an aromatic ring is 1. The Hall–Kier alpha value is -1.07. The van der Waals surface area contributed by atoms with Crippen LogP contribution in [0.4, 0.5) is 11.4 Å². The maximum atomic E-state index is 11.9. The van der Waals surface area contributed by atoms with Gasteiger partial charge in [-0.2, -0.15) is 0 Å². The summed E-state index contributed by atoms with van der Waals surface area (Å²) < 4.78 is 6.00. The number of aryl methyl sites for hydroxylation is 1. The minimum Gasteiger partial charge on any atom is -0.397 e. The average Bonchev–Trinajstić information content (AvgIpc) is 2.22. The quantitative estimate of drug-likeness (QED) is 0.839. The van der Waals surface area contributed by atoms with Crippen molar-refractivity contribution in [2.75, 3.05) is 18.2 Å². The summed E-state index contributed by atoms with van der Waals surface area (Å²) in [7, 11) is 1.59. The third kappa shape index (κ3) is 3.99. The van der Waals surface area contributed by atoms with Gasteiger partial charge in [0.15, 0.2) is 0 Å². The Bertz CT molecular complexity index is 435. The molecule has 3 N–H and O–H groups in total. The van der Waals surface area contributed by atoms with Gasteiger partial charge in [0, 0.05) is 11.6 Å². The van der Waals surface area contributed by atoms with Gasteiger partial charge in [-0.3, -0.25) is 4.79 Å². The van der Waals surface area contributed by atoms with E-state index in [0.717, 1.165) is 10.0 Å². The van der Waals surface area contributed by atoms with E-state index in [1.54, 1.807) is 7.11 Å². The van der Waals surface area contributed by atoms with Gasteiger partial charge in [0.25, 0.3) is 0 Å². The van der Waals surface area contributed by atoms with Crippen molar-refractivity contribution in [2.45, 2.75) is 32.8 Å². The van der Waals surface area contributed by atoms with E-state index < -0.39 is 5.60 Å². The van der Waals surface area contributed by atoms with Crippen molar-refractivity contribution in [3.05, 3.63) is 22.2 Å². The molecular formula is C13H19BrN2O2. The summed E-state index contributed by atoms with van der Waals surface area (Å²) >= 11 is 3.40. The molecule has 0 aliphatic heterocycles. The summed E-state index contributed by atoms with van der Waals surface area (Å²) in [5, 5.41) is 2.81. The number of hydrogen-bond donors (Lipinski definition) is 2. The molecule has 1 aromatic rings. The van der Waals surface area contributed by atoms with Gasteiger partial charge < -0.3 is 15.8 Å². The molecule has 1 aromatic carbocycles. The topological polar surface area (TPSA) is 64.3 Å². The number of ether oxygens (including phenoxy) is 1. The summed E-state index contributed by atoms with van der Waals surface area (Å²) in [6, 6.07) is 3.73. The molecule has 0 fully saturated rings. The van der Waals surface area contributed by atoms with E-state index in [0.29, 0.717) is 11.4 Å². The number of carbonyl (C=O) groups excluding carboxylic acids is 1. The second-order valence-corrected chi connectivity index (χ2v) is 5.75. The second kappa shape index (κ2) is 5.71. The van der Waals surface area contributed by atoms with Gasteiger partial charge in [-0.05, 0) is 54.4 Å². The third-order valence-electron chi connectivity index (χ3n) is 2.67. The van der Waals surface area contributed by atoms with Crippen molar-refractivity contribution in [1.29, 1.82) is 0 Å². The molecule has 0 atom stereocenters. The van der Waals surface area contributed by atoms with Gasteiger partial charge in [0.1, 0.15) is 0 Å². The number of hydrogen-bond acceptors (Lipinski definition) is 3. The van der Waals surface area contributed by atoms with Gasteiger partial charge >= 0.3 is 0 Å². The zero-order valence-corrected chi connectivity index (χ0v) is 12.7. The molecule has 0 radical (unpaired) electrons. The summed E-state index contributed by atoms with van der Waals surface area (Å²) in [4.78, 5) is 11.9. The standard InChI is InChI=1S/C13H19BrN2O2/c1-8-5-9(14)12(10(15)6-8)16-11(17)7-13(2,3)18-4/h5-6H,7,15H2,1-4H3,(H,16,17). The van der Waals surface area contributed by atoms with Crippen LogP contribution in [-0.2, 0) is 9.53 Å². The highest BCUT2D eigenvalue weighted by molar-refractivity contribution is 9.10. The maximum absolute atomic E-state index is 11.9. The predicted molar refractivity (Wildman–Crippen MR) is 77.6 cm³/mol. The average molecular weight is 315 g/mol. The summed E-state index contributed by atoms with van der Waals surface area (Å²) in [5.74, 6) is -0.127. The van der Waals surface area contributed by atoms with E-state index in [-0.39, 0.29) is 12.3 Å². The molecule has 0 spiro atoms. The highest BCUT2D eigenvalue weighted by Crippen LogP contribution is 2.30. The first-order chi connectivity index (χ1) is 8.25. The Kier molecular flexibility index (Phi) is 4.76. The molecule has 0 unspecified atom stereocenters. The van der Waals surface area contributed by atoms with Crippen molar-refractivity contribution in [1.82, 2.24) is 0 Å². The monoisotopic (exact) mass is 314 g/mol. The van der Waals surface area contributed by atoms with Crippen molar-refractivity contribution in [3.63, 3.8) is 0 Å². The van der Waals surface area contributed by atoms with Gasteiger partial charge in [0.05, 0.1) is 23.4 Å². The van der Waals surface area contributed by atoms with Crippen molar-refractivity contribution in [2.24, 2.45) is 0 Å². The highest BCUT2D eigenvalue weighted by atomic mass is 79.9. The molecule has 0 heterocycles. The van der Waals surface area contributed by atoms with Gasteiger partial charge in [0.2, 0.25) is 5.91 Å². The summed E-state index contributed by atoms with van der Waals surface area (Å²) in [5.41, 5.74) is 7.59. The van der Waals surface area contributed by atoms with Gasteiger partial charge in [-0.1, -0.05) is 0 Å². The zero-order chi connectivity index (χ0) is 13.9. The van der Waals surface area contributed by atoms with Crippen LogP contribution in [0.15, 0.2) is 16.6 Å². The fraction of sp³-hybridized carbons (Fsp3) is 0.462. The van der Waals surface area contributed by atoms with Crippen molar-refractivity contribution in [3.8, 4) is 0 Å². The fourth-order valence-corrected chi connectivity index (χ4v) is 2.23. The first kappa shape index (κ1) is 15.0. The smallest absolute Gasteiger partial charge is 0.227 e. The molecule has 1 rings (SSSR count). The molecule has 5 heteroatoms. The Morgan fingerprint density at radius 3 is 2.61 bits per heavy atom. The largest absolute Gasteiger partial charge is 0.397 e. The number of amides is 1.